The molecule has 0 aliphatic rings. The van der Waals surface area contributed by atoms with Crippen molar-refractivity contribution in [2.24, 2.45) is 0 Å². The quantitative estimate of drug-likeness (QED) is 0.938. The van der Waals surface area contributed by atoms with E-state index in [1.54, 1.807) is 25.2 Å². The monoisotopic (exact) mass is 296 g/mol. The lowest BCUT2D eigenvalue weighted by Gasteiger charge is -2.15. The van der Waals surface area contributed by atoms with Crippen LogP contribution in [0.1, 0.15) is 11.3 Å². The van der Waals surface area contributed by atoms with Gasteiger partial charge in [-0.15, -0.1) is 0 Å². The van der Waals surface area contributed by atoms with Gasteiger partial charge >= 0.3 is 6.09 Å². The van der Waals surface area contributed by atoms with Gasteiger partial charge in [0.2, 0.25) is 0 Å². The summed E-state index contributed by atoms with van der Waals surface area (Å²) in [7, 11) is 3.03. The maximum absolute atomic E-state index is 11.3. The summed E-state index contributed by atoms with van der Waals surface area (Å²) in [4.78, 5) is 17.0. The Morgan fingerprint density at radius 2 is 2.05 bits per heavy atom. The van der Waals surface area contributed by atoms with Gasteiger partial charge in [-0.2, -0.15) is 5.26 Å². The molecule has 1 amide bonds. The molecule has 6 heteroatoms. The molecule has 112 valence electrons. The molecule has 0 fully saturated rings. The van der Waals surface area contributed by atoms with E-state index >= 15 is 0 Å². The molecule has 0 aliphatic carbocycles. The molecule has 22 heavy (non-hydrogen) atoms. The fourth-order valence-corrected chi connectivity index (χ4v) is 1.90. The molecule has 0 spiro atoms. The molecule has 1 aromatic carbocycles. The Hall–Kier alpha value is -3.07. The predicted molar refractivity (Wildman–Crippen MR) is 82.5 cm³/mol. The zero-order valence-corrected chi connectivity index (χ0v) is 12.4. The number of carbonyl (C=O) groups excluding carboxylic acids is 1. The molecule has 0 radical (unpaired) electrons. The first-order chi connectivity index (χ1) is 10.6. The second-order valence-corrected chi connectivity index (χ2v) is 4.67. The zero-order valence-electron chi connectivity index (χ0n) is 12.4. The number of rotatable bonds is 4. The molecule has 1 aromatic heterocycles. The second-order valence-electron chi connectivity index (χ2n) is 4.67. The van der Waals surface area contributed by atoms with Gasteiger partial charge in [-0.25, -0.2) is 9.78 Å². The molecule has 1 N–H and O–H groups in total. The Morgan fingerprint density at radius 3 is 2.68 bits per heavy atom. The molecule has 2 aromatic rings. The molecule has 0 saturated heterocycles. The molecule has 0 atom stereocenters. The van der Waals surface area contributed by atoms with Crippen LogP contribution in [0.5, 0.6) is 0 Å². The third-order valence-corrected chi connectivity index (χ3v) is 3.00. The lowest BCUT2D eigenvalue weighted by atomic mass is 10.2. The fraction of sp³-hybridized carbons (Fsp3) is 0.188. The smallest absolute Gasteiger partial charge is 0.409 e. The lowest BCUT2D eigenvalue weighted by Crippen LogP contribution is -2.25. The van der Waals surface area contributed by atoms with Crippen molar-refractivity contribution >= 4 is 17.6 Å². The summed E-state index contributed by atoms with van der Waals surface area (Å²) in [6, 6.07) is 14.8. The number of amides is 1. The minimum absolute atomic E-state index is 0.362. The summed E-state index contributed by atoms with van der Waals surface area (Å²) in [5.41, 5.74) is 2.20. The number of aromatic nitrogens is 1. The van der Waals surface area contributed by atoms with E-state index in [-0.39, 0.29) is 6.09 Å². The topological polar surface area (TPSA) is 78.2 Å². The van der Waals surface area contributed by atoms with Crippen molar-refractivity contribution in [2.75, 3.05) is 19.5 Å². The van der Waals surface area contributed by atoms with Gasteiger partial charge in [0.1, 0.15) is 17.6 Å². The van der Waals surface area contributed by atoms with Crippen molar-refractivity contribution in [3.63, 3.8) is 0 Å². The number of nitrogens with one attached hydrogen (secondary N) is 1. The molecular weight excluding hydrogens is 280 g/mol. The summed E-state index contributed by atoms with van der Waals surface area (Å²) in [6.07, 6.45) is -0.375. The summed E-state index contributed by atoms with van der Waals surface area (Å²) in [6.45, 7) is 0.467. The Bertz CT molecular complexity index is 692. The molecule has 0 aliphatic heterocycles. The van der Waals surface area contributed by atoms with Crippen LogP contribution in [-0.2, 0) is 11.3 Å². The number of anilines is 2. The summed E-state index contributed by atoms with van der Waals surface area (Å²) >= 11 is 0. The first-order valence-electron chi connectivity index (χ1n) is 6.64. The Morgan fingerprint density at radius 1 is 1.32 bits per heavy atom. The summed E-state index contributed by atoms with van der Waals surface area (Å²) in [5.74, 6) is 0.610. The van der Waals surface area contributed by atoms with Crippen molar-refractivity contribution in [1.29, 1.82) is 5.26 Å². The van der Waals surface area contributed by atoms with Gasteiger partial charge in [0, 0.05) is 19.3 Å². The predicted octanol–water partition coefficient (Wildman–Crippen LogP) is 2.90. The van der Waals surface area contributed by atoms with Crippen LogP contribution in [-0.4, -0.2) is 30.1 Å². The van der Waals surface area contributed by atoms with Gasteiger partial charge < -0.3 is 15.0 Å². The standard InChI is InChI=1S/C16H16N4O2/c1-20(16(21)22-2)11-12-6-8-13(9-7-12)18-15-5-3-4-14(10-17)19-15/h3-9H,11H2,1-2H3,(H,18,19). The van der Waals surface area contributed by atoms with E-state index in [2.05, 4.69) is 15.0 Å². The molecule has 6 nitrogen and oxygen atoms in total. The van der Waals surface area contributed by atoms with E-state index in [0.29, 0.717) is 18.1 Å². The highest BCUT2D eigenvalue weighted by Crippen LogP contribution is 2.16. The van der Waals surface area contributed by atoms with Crippen molar-refractivity contribution in [3.05, 3.63) is 53.7 Å². The van der Waals surface area contributed by atoms with Crippen LogP contribution < -0.4 is 5.32 Å². The average Bonchev–Trinajstić information content (AvgIpc) is 2.56. The van der Waals surface area contributed by atoms with Crippen molar-refractivity contribution < 1.29 is 9.53 Å². The average molecular weight is 296 g/mol. The maximum atomic E-state index is 11.3. The zero-order chi connectivity index (χ0) is 15.9. The number of pyridine rings is 1. The number of hydrogen-bond donors (Lipinski definition) is 1. The highest BCUT2D eigenvalue weighted by molar-refractivity contribution is 5.67. The second kappa shape index (κ2) is 7.09. The van der Waals surface area contributed by atoms with Crippen LogP contribution in [0.3, 0.4) is 0 Å². The molecule has 2 rings (SSSR count). The van der Waals surface area contributed by atoms with Crippen LogP contribution in [0, 0.1) is 11.3 Å². The van der Waals surface area contributed by atoms with E-state index in [1.807, 2.05) is 30.3 Å². The number of nitriles is 1. The first kappa shape index (κ1) is 15.3. The normalized spacial score (nSPS) is 9.68. The van der Waals surface area contributed by atoms with Gasteiger partial charge in [-0.3, -0.25) is 0 Å². The van der Waals surface area contributed by atoms with E-state index in [9.17, 15) is 4.79 Å². The number of ether oxygens (including phenoxy) is 1. The van der Waals surface area contributed by atoms with E-state index in [0.717, 1.165) is 11.3 Å². The summed E-state index contributed by atoms with van der Waals surface area (Å²) in [5, 5.41) is 12.0. The van der Waals surface area contributed by atoms with E-state index in [1.165, 1.54) is 12.0 Å². The molecule has 0 unspecified atom stereocenters. The Balaban J connectivity index is 2.03. The van der Waals surface area contributed by atoms with Gasteiger partial charge in [-0.1, -0.05) is 18.2 Å². The van der Waals surface area contributed by atoms with Crippen LogP contribution in [0.4, 0.5) is 16.3 Å². The van der Waals surface area contributed by atoms with E-state index < -0.39 is 0 Å². The largest absolute Gasteiger partial charge is 0.453 e. The van der Waals surface area contributed by atoms with Crippen molar-refractivity contribution in [1.82, 2.24) is 9.88 Å². The van der Waals surface area contributed by atoms with Gasteiger partial charge in [0.25, 0.3) is 0 Å². The highest BCUT2D eigenvalue weighted by atomic mass is 16.5. The van der Waals surface area contributed by atoms with Crippen LogP contribution >= 0.6 is 0 Å². The number of nitrogens with zero attached hydrogens (tertiary/aromatic N) is 3. The maximum Gasteiger partial charge on any atom is 0.409 e. The lowest BCUT2D eigenvalue weighted by molar-refractivity contribution is 0.131. The number of benzene rings is 1. The molecule has 0 bridgehead atoms. The number of hydrogen-bond acceptors (Lipinski definition) is 5. The molecule has 1 heterocycles. The van der Waals surface area contributed by atoms with Crippen LogP contribution in [0.2, 0.25) is 0 Å². The minimum atomic E-state index is -0.375. The summed E-state index contributed by atoms with van der Waals surface area (Å²) < 4.78 is 4.65. The van der Waals surface area contributed by atoms with Crippen molar-refractivity contribution in [3.8, 4) is 6.07 Å². The van der Waals surface area contributed by atoms with Gasteiger partial charge in [0.15, 0.2) is 0 Å². The highest BCUT2D eigenvalue weighted by Gasteiger charge is 2.08. The van der Waals surface area contributed by atoms with Crippen LogP contribution in [0.15, 0.2) is 42.5 Å². The first-order valence-corrected chi connectivity index (χ1v) is 6.64. The molecular formula is C16H16N4O2. The van der Waals surface area contributed by atoms with Crippen molar-refractivity contribution in [2.45, 2.75) is 6.54 Å². The fourth-order valence-electron chi connectivity index (χ4n) is 1.90. The number of methoxy groups -OCH3 is 1. The molecule has 0 saturated carbocycles. The van der Waals surface area contributed by atoms with Gasteiger partial charge in [0.05, 0.1) is 7.11 Å². The van der Waals surface area contributed by atoms with Crippen LogP contribution in [0.25, 0.3) is 0 Å². The minimum Gasteiger partial charge on any atom is -0.453 e. The third kappa shape index (κ3) is 3.96. The Labute approximate surface area is 129 Å². The van der Waals surface area contributed by atoms with Gasteiger partial charge in [-0.05, 0) is 29.8 Å². The van der Waals surface area contributed by atoms with E-state index in [4.69, 9.17) is 5.26 Å². The number of carbonyl (C=O) groups is 1. The Kier molecular flexibility index (Phi) is 4.94. The SMILES string of the molecule is COC(=O)N(C)Cc1ccc(Nc2cccc(C#N)n2)cc1. The third-order valence-electron chi connectivity index (χ3n) is 3.00.